The summed E-state index contributed by atoms with van der Waals surface area (Å²) in [6, 6.07) is 1.97. The van der Waals surface area contributed by atoms with Gasteiger partial charge in [-0.3, -0.25) is 14.3 Å². The summed E-state index contributed by atoms with van der Waals surface area (Å²) in [4.78, 5) is 27.1. The van der Waals surface area contributed by atoms with Gasteiger partial charge in [0.25, 0.3) is 5.91 Å². The van der Waals surface area contributed by atoms with Crippen LogP contribution in [0, 0.1) is 11.8 Å². The zero-order valence-corrected chi connectivity index (χ0v) is 18.9. The third-order valence-corrected chi connectivity index (χ3v) is 6.20. The highest BCUT2D eigenvalue weighted by molar-refractivity contribution is 5.92. The summed E-state index contributed by atoms with van der Waals surface area (Å²) in [5.74, 6) is 1.24. The van der Waals surface area contributed by atoms with Gasteiger partial charge >= 0.3 is 0 Å². The zero-order chi connectivity index (χ0) is 21.5. The Morgan fingerprint density at radius 3 is 2.67 bits per heavy atom. The first-order valence-electron chi connectivity index (χ1n) is 11.7. The van der Waals surface area contributed by atoms with Crippen LogP contribution in [0.15, 0.2) is 6.07 Å². The van der Waals surface area contributed by atoms with Gasteiger partial charge in [-0.1, -0.05) is 13.8 Å². The van der Waals surface area contributed by atoms with Crippen LogP contribution in [0.2, 0.25) is 0 Å². The lowest BCUT2D eigenvalue weighted by atomic mass is 9.92. The fraction of sp³-hybridized carbons (Fsp3) is 0.783. The molecule has 0 saturated carbocycles. The Hall–Kier alpha value is -1.89. The van der Waals surface area contributed by atoms with Crippen molar-refractivity contribution in [3.63, 3.8) is 0 Å². The Bertz CT molecular complexity index is 701. The van der Waals surface area contributed by atoms with Crippen LogP contribution in [0.4, 0.5) is 0 Å². The number of hydrogen-bond acceptors (Lipinski definition) is 4. The summed E-state index contributed by atoms with van der Waals surface area (Å²) < 4.78 is 7.38. The highest BCUT2D eigenvalue weighted by atomic mass is 16.5. The fourth-order valence-electron chi connectivity index (χ4n) is 4.44. The zero-order valence-electron chi connectivity index (χ0n) is 18.9. The number of aryl methyl sites for hydroxylation is 1. The molecule has 1 atom stereocenters. The number of piperidine rings is 1. The molecule has 1 aromatic rings. The molecule has 3 heterocycles. The van der Waals surface area contributed by atoms with Gasteiger partial charge in [0, 0.05) is 39.2 Å². The number of carbonyl (C=O) groups excluding carboxylic acids is 2. The second kappa shape index (κ2) is 10.9. The minimum absolute atomic E-state index is 0.0899. The molecule has 0 aliphatic carbocycles. The van der Waals surface area contributed by atoms with Gasteiger partial charge in [0.2, 0.25) is 5.91 Å². The number of hydrogen-bond donors (Lipinski definition) is 1. The molecule has 1 aromatic heterocycles. The number of nitrogens with zero attached hydrogens (tertiary/aromatic N) is 3. The van der Waals surface area contributed by atoms with Crippen molar-refractivity contribution in [2.75, 3.05) is 26.2 Å². The van der Waals surface area contributed by atoms with Crippen molar-refractivity contribution < 1.29 is 14.3 Å². The molecule has 30 heavy (non-hydrogen) atoms. The van der Waals surface area contributed by atoms with Gasteiger partial charge in [0.1, 0.15) is 5.69 Å². The Labute approximate surface area is 180 Å². The van der Waals surface area contributed by atoms with Crippen LogP contribution in [0.5, 0.6) is 0 Å². The van der Waals surface area contributed by atoms with E-state index < -0.39 is 0 Å². The molecule has 2 aliphatic rings. The van der Waals surface area contributed by atoms with Crippen molar-refractivity contribution >= 4 is 11.8 Å². The van der Waals surface area contributed by atoms with Gasteiger partial charge in [0.05, 0.1) is 11.8 Å². The van der Waals surface area contributed by atoms with Crippen molar-refractivity contribution in [1.29, 1.82) is 0 Å². The number of aromatic nitrogens is 2. The first-order chi connectivity index (χ1) is 14.5. The first kappa shape index (κ1) is 22.8. The molecule has 1 N–H and O–H groups in total. The lowest BCUT2D eigenvalue weighted by Gasteiger charge is -2.32. The van der Waals surface area contributed by atoms with Gasteiger partial charge in [0.15, 0.2) is 0 Å². The molecule has 0 unspecified atom stereocenters. The number of carbonyl (C=O) groups is 2. The van der Waals surface area contributed by atoms with E-state index in [9.17, 15) is 9.59 Å². The third-order valence-electron chi connectivity index (χ3n) is 6.20. The first-order valence-corrected chi connectivity index (χ1v) is 11.7. The molecule has 2 amide bonds. The molecule has 2 aliphatic heterocycles. The maximum absolute atomic E-state index is 13.1. The number of rotatable bonds is 9. The Morgan fingerprint density at radius 2 is 2.03 bits per heavy atom. The Balaban J connectivity index is 1.42. The molecule has 168 valence electrons. The van der Waals surface area contributed by atoms with E-state index in [1.807, 2.05) is 22.6 Å². The van der Waals surface area contributed by atoms with E-state index in [0.717, 1.165) is 63.9 Å². The molecule has 7 heteroatoms. The number of likely N-dealkylation sites (tertiary alicyclic amines) is 1. The molecule has 2 saturated heterocycles. The van der Waals surface area contributed by atoms with Crippen LogP contribution >= 0.6 is 0 Å². The van der Waals surface area contributed by atoms with Gasteiger partial charge < -0.3 is 15.0 Å². The summed E-state index contributed by atoms with van der Waals surface area (Å²) in [6.45, 7) is 10.0. The average Bonchev–Trinajstić information content (AvgIpc) is 3.39. The average molecular weight is 419 g/mol. The van der Waals surface area contributed by atoms with Gasteiger partial charge in [-0.15, -0.1) is 0 Å². The highest BCUT2D eigenvalue weighted by Gasteiger charge is 2.26. The summed E-state index contributed by atoms with van der Waals surface area (Å²) in [7, 11) is 0. The van der Waals surface area contributed by atoms with Crippen LogP contribution in [0.3, 0.4) is 0 Å². The third kappa shape index (κ3) is 6.30. The molecule has 0 aromatic carbocycles. The van der Waals surface area contributed by atoms with Crippen molar-refractivity contribution in [1.82, 2.24) is 20.0 Å². The molecule has 7 nitrogen and oxygen atoms in total. The maximum Gasteiger partial charge on any atom is 0.272 e. The van der Waals surface area contributed by atoms with E-state index in [1.165, 1.54) is 0 Å². The summed E-state index contributed by atoms with van der Waals surface area (Å²) in [5.41, 5.74) is 1.71. The lowest BCUT2D eigenvalue weighted by Crippen LogP contribution is -2.39. The standard InChI is InChI=1S/C23H38N4O3/c1-4-27-21(15-19(25-27)14-17(2)3)23(29)26-11-9-18(10-12-26)7-8-22(28)24-16-20-6-5-13-30-20/h15,17-18,20H,4-14,16H2,1-3H3,(H,24,28)/t20-/m0/s1. The second-order valence-corrected chi connectivity index (χ2v) is 9.15. The molecule has 0 bridgehead atoms. The largest absolute Gasteiger partial charge is 0.376 e. The van der Waals surface area contributed by atoms with E-state index in [-0.39, 0.29) is 17.9 Å². The topological polar surface area (TPSA) is 76.5 Å². The number of ether oxygens (including phenoxy) is 1. The van der Waals surface area contributed by atoms with E-state index in [2.05, 4.69) is 24.3 Å². The minimum Gasteiger partial charge on any atom is -0.376 e. The predicted octanol–water partition coefficient (Wildman–Crippen LogP) is 3.03. The minimum atomic E-state index is 0.0899. The summed E-state index contributed by atoms with van der Waals surface area (Å²) >= 11 is 0. The summed E-state index contributed by atoms with van der Waals surface area (Å²) in [6.07, 6.45) is 6.61. The highest BCUT2D eigenvalue weighted by Crippen LogP contribution is 2.23. The Kier molecular flexibility index (Phi) is 8.31. The molecule has 3 rings (SSSR count). The van der Waals surface area contributed by atoms with Gasteiger partial charge in [-0.05, 0) is 63.4 Å². The van der Waals surface area contributed by atoms with Crippen LogP contribution in [-0.4, -0.2) is 58.8 Å². The quantitative estimate of drug-likeness (QED) is 0.669. The van der Waals surface area contributed by atoms with Crippen molar-refractivity contribution in [3.05, 3.63) is 17.5 Å². The normalized spacial score (nSPS) is 20.1. The molecule has 0 radical (unpaired) electrons. The Morgan fingerprint density at radius 1 is 1.27 bits per heavy atom. The second-order valence-electron chi connectivity index (χ2n) is 9.15. The van der Waals surface area contributed by atoms with Crippen molar-refractivity contribution in [2.24, 2.45) is 11.8 Å². The maximum atomic E-state index is 13.1. The van der Waals surface area contributed by atoms with Gasteiger partial charge in [-0.25, -0.2) is 0 Å². The predicted molar refractivity (Wildman–Crippen MR) is 116 cm³/mol. The SMILES string of the molecule is CCn1nc(CC(C)C)cc1C(=O)N1CCC(CCC(=O)NC[C@@H]2CCCO2)CC1. The van der Waals surface area contributed by atoms with Crippen LogP contribution < -0.4 is 5.32 Å². The van der Waals surface area contributed by atoms with Crippen LogP contribution in [0.25, 0.3) is 0 Å². The number of amides is 2. The summed E-state index contributed by atoms with van der Waals surface area (Å²) in [5, 5.41) is 7.61. The number of nitrogens with one attached hydrogen (secondary N) is 1. The van der Waals surface area contributed by atoms with E-state index in [0.29, 0.717) is 37.0 Å². The fourth-order valence-corrected chi connectivity index (χ4v) is 4.44. The van der Waals surface area contributed by atoms with E-state index in [1.54, 1.807) is 0 Å². The molecular weight excluding hydrogens is 380 g/mol. The molecule has 0 spiro atoms. The monoisotopic (exact) mass is 418 g/mol. The van der Waals surface area contributed by atoms with Crippen LogP contribution in [0.1, 0.15) is 75.5 Å². The van der Waals surface area contributed by atoms with Crippen molar-refractivity contribution in [2.45, 2.75) is 78.4 Å². The van der Waals surface area contributed by atoms with Crippen LogP contribution in [-0.2, 0) is 22.5 Å². The smallest absolute Gasteiger partial charge is 0.272 e. The van der Waals surface area contributed by atoms with Gasteiger partial charge in [-0.2, -0.15) is 5.10 Å². The van der Waals surface area contributed by atoms with E-state index >= 15 is 0 Å². The van der Waals surface area contributed by atoms with E-state index in [4.69, 9.17) is 4.74 Å². The van der Waals surface area contributed by atoms with Crippen molar-refractivity contribution in [3.8, 4) is 0 Å². The molecule has 2 fully saturated rings. The lowest BCUT2D eigenvalue weighted by molar-refractivity contribution is -0.122. The molecular formula is C23H38N4O3.